The second-order valence-electron chi connectivity index (χ2n) is 2.91. The lowest BCUT2D eigenvalue weighted by Gasteiger charge is -2.07. The van der Waals surface area contributed by atoms with Gasteiger partial charge in [0.05, 0.1) is 0 Å². The van der Waals surface area contributed by atoms with E-state index in [2.05, 4.69) is 22.0 Å². The molecule has 0 spiro atoms. The summed E-state index contributed by atoms with van der Waals surface area (Å²) in [5.74, 6) is 0. The van der Waals surface area contributed by atoms with Crippen LogP contribution in [0.25, 0.3) is 0 Å². The summed E-state index contributed by atoms with van der Waals surface area (Å²) in [5.41, 5.74) is 0.990. The molecule has 60 valence electrons. The normalized spacial score (nSPS) is 36.6. The summed E-state index contributed by atoms with van der Waals surface area (Å²) in [6, 6.07) is 0. The Kier molecular flexibility index (Phi) is 4.92. The lowest BCUT2D eigenvalue weighted by atomic mass is 10.2. The zero-order valence-electron chi connectivity index (χ0n) is 5.95. The molecule has 0 amide bonds. The predicted molar refractivity (Wildman–Crippen MR) is 58.8 cm³/mol. The third-order valence-corrected chi connectivity index (χ3v) is 6.02. The molecule has 1 aliphatic carbocycles. The van der Waals surface area contributed by atoms with E-state index in [0.717, 1.165) is 11.9 Å². The van der Waals surface area contributed by atoms with Crippen LogP contribution in [0.5, 0.6) is 0 Å². The van der Waals surface area contributed by atoms with Crippen LogP contribution < -0.4 is 0 Å². The maximum Gasteiger partial charge on any atom is 0.0336 e. The van der Waals surface area contributed by atoms with Crippen LogP contribution in [0.15, 0.2) is 0 Å². The molecule has 10 heavy (non-hydrogen) atoms. The van der Waals surface area contributed by atoms with E-state index >= 15 is 0 Å². The van der Waals surface area contributed by atoms with Gasteiger partial charge in [-0.1, -0.05) is 34.7 Å². The Morgan fingerprint density at radius 3 is 2.70 bits per heavy atom. The van der Waals surface area contributed by atoms with Crippen molar-refractivity contribution in [3.63, 3.8) is 0 Å². The van der Waals surface area contributed by atoms with Gasteiger partial charge in [-0.15, -0.1) is 11.6 Å². The van der Waals surface area contributed by atoms with Gasteiger partial charge in [0, 0.05) is 5.38 Å². The van der Waals surface area contributed by atoms with Crippen LogP contribution in [-0.2, 0) is 0 Å². The topological polar surface area (TPSA) is 0 Å². The quantitative estimate of drug-likeness (QED) is 0.297. The minimum atomic E-state index is 0.484. The van der Waals surface area contributed by atoms with Crippen LogP contribution in [0, 0.1) is 0 Å². The standard InChI is InChI=1S/C7H13ClIP/c8-6-2-1-3-7(10-9)5-4-6/h6-7,10H,1-5H2/t6-,7?/m0/s1. The number of halogens is 2. The van der Waals surface area contributed by atoms with Gasteiger partial charge in [0.1, 0.15) is 0 Å². The highest BCUT2D eigenvalue weighted by molar-refractivity contribution is 14.2. The van der Waals surface area contributed by atoms with Crippen molar-refractivity contribution in [1.29, 1.82) is 0 Å². The fourth-order valence-corrected chi connectivity index (χ4v) is 4.10. The van der Waals surface area contributed by atoms with Gasteiger partial charge in [-0.3, -0.25) is 0 Å². The van der Waals surface area contributed by atoms with Crippen molar-refractivity contribution in [2.75, 3.05) is 0 Å². The zero-order valence-corrected chi connectivity index (χ0v) is 9.86. The fourth-order valence-electron chi connectivity index (χ4n) is 1.37. The highest BCUT2D eigenvalue weighted by Gasteiger charge is 2.15. The van der Waals surface area contributed by atoms with Gasteiger partial charge in [0.2, 0.25) is 0 Å². The molecule has 1 fully saturated rings. The number of rotatable bonds is 1. The average Bonchev–Trinajstić information content (AvgIpc) is 2.14. The van der Waals surface area contributed by atoms with Crippen LogP contribution in [0.3, 0.4) is 0 Å². The Morgan fingerprint density at radius 2 is 2.00 bits per heavy atom. The Morgan fingerprint density at radius 1 is 1.20 bits per heavy atom. The first-order valence-corrected chi connectivity index (χ1v) is 8.46. The summed E-state index contributed by atoms with van der Waals surface area (Å²) in [4.78, 5) is 0. The maximum absolute atomic E-state index is 6.04. The molecule has 0 aromatic carbocycles. The molecule has 0 N–H and O–H groups in total. The van der Waals surface area contributed by atoms with E-state index in [4.69, 9.17) is 11.6 Å². The zero-order chi connectivity index (χ0) is 7.40. The van der Waals surface area contributed by atoms with Crippen LogP contribution in [0.1, 0.15) is 32.1 Å². The van der Waals surface area contributed by atoms with Crippen LogP contribution in [0.4, 0.5) is 0 Å². The molecule has 1 aliphatic rings. The Bertz CT molecular complexity index is 99.6. The van der Waals surface area contributed by atoms with E-state index in [0.29, 0.717) is 5.38 Å². The SMILES string of the molecule is Cl[C@H]1CCCC(PI)CC1. The molecule has 0 aromatic rings. The number of alkyl halides is 1. The molecule has 1 saturated carbocycles. The van der Waals surface area contributed by atoms with Crippen molar-refractivity contribution in [3.05, 3.63) is 0 Å². The molecule has 2 unspecified atom stereocenters. The second-order valence-corrected chi connectivity index (χ2v) is 6.43. The summed E-state index contributed by atoms with van der Waals surface area (Å²) in [5, 5.41) is 0.484. The van der Waals surface area contributed by atoms with Gasteiger partial charge in [0.15, 0.2) is 0 Å². The fraction of sp³-hybridized carbons (Fsp3) is 1.00. The molecular formula is C7H13ClIP. The lowest BCUT2D eigenvalue weighted by molar-refractivity contribution is 0.711. The summed E-state index contributed by atoms with van der Waals surface area (Å²) >= 11 is 8.56. The lowest BCUT2D eigenvalue weighted by Crippen LogP contribution is -1.97. The molecule has 0 heterocycles. The highest BCUT2D eigenvalue weighted by atomic mass is 127. The summed E-state index contributed by atoms with van der Waals surface area (Å²) in [6.07, 6.45) is 7.75. The molecule has 3 heteroatoms. The summed E-state index contributed by atoms with van der Waals surface area (Å²) in [7, 11) is 0. The van der Waals surface area contributed by atoms with Gasteiger partial charge in [0.25, 0.3) is 0 Å². The van der Waals surface area contributed by atoms with Crippen molar-refractivity contribution in [3.8, 4) is 0 Å². The smallest absolute Gasteiger partial charge is 0.0336 e. The van der Waals surface area contributed by atoms with Crippen molar-refractivity contribution in [2.45, 2.75) is 43.1 Å². The Hall–Kier alpha value is 1.45. The van der Waals surface area contributed by atoms with Crippen LogP contribution in [-0.4, -0.2) is 11.0 Å². The molecule has 0 bridgehead atoms. The second kappa shape index (κ2) is 5.16. The number of hydrogen-bond donors (Lipinski definition) is 0. The van der Waals surface area contributed by atoms with Gasteiger partial charge < -0.3 is 0 Å². The predicted octanol–water partition coefficient (Wildman–Crippen LogP) is 3.96. The van der Waals surface area contributed by atoms with Crippen molar-refractivity contribution in [1.82, 2.24) is 0 Å². The van der Waals surface area contributed by atoms with Gasteiger partial charge >= 0.3 is 0 Å². The van der Waals surface area contributed by atoms with Crippen LogP contribution >= 0.6 is 39.9 Å². The van der Waals surface area contributed by atoms with E-state index < -0.39 is 0 Å². The average molecular weight is 291 g/mol. The third kappa shape index (κ3) is 3.23. The van der Waals surface area contributed by atoms with E-state index in [1.807, 2.05) is 0 Å². The first-order valence-electron chi connectivity index (χ1n) is 3.83. The molecule has 0 saturated heterocycles. The first-order chi connectivity index (χ1) is 4.83. The molecule has 0 aliphatic heterocycles. The Balaban J connectivity index is 2.26. The van der Waals surface area contributed by atoms with Crippen molar-refractivity contribution in [2.24, 2.45) is 0 Å². The molecule has 0 nitrogen and oxygen atoms in total. The molecule has 1 rings (SSSR count). The van der Waals surface area contributed by atoms with Gasteiger partial charge in [-0.25, -0.2) is 0 Å². The van der Waals surface area contributed by atoms with E-state index in [-0.39, 0.29) is 0 Å². The molecule has 0 radical (unpaired) electrons. The van der Waals surface area contributed by atoms with Crippen molar-refractivity contribution >= 4 is 39.9 Å². The summed E-state index contributed by atoms with van der Waals surface area (Å²) < 4.78 is 0. The maximum atomic E-state index is 6.04. The number of hydrogen-bond acceptors (Lipinski definition) is 0. The highest BCUT2D eigenvalue weighted by Crippen LogP contribution is 2.37. The van der Waals surface area contributed by atoms with Gasteiger partial charge in [-0.2, -0.15) is 0 Å². The molecule has 3 atom stereocenters. The molecule has 0 aromatic heterocycles. The largest absolute Gasteiger partial charge is 0.123 e. The molecular weight excluding hydrogens is 277 g/mol. The first kappa shape index (κ1) is 9.54. The van der Waals surface area contributed by atoms with E-state index in [1.165, 1.54) is 32.1 Å². The minimum Gasteiger partial charge on any atom is -0.123 e. The summed E-state index contributed by atoms with van der Waals surface area (Å²) in [6.45, 7) is 0. The Labute approximate surface area is 82.7 Å². The van der Waals surface area contributed by atoms with E-state index in [1.54, 1.807) is 0 Å². The minimum absolute atomic E-state index is 0.484. The van der Waals surface area contributed by atoms with Gasteiger partial charge in [-0.05, 0) is 31.3 Å². The van der Waals surface area contributed by atoms with Crippen molar-refractivity contribution < 1.29 is 0 Å². The van der Waals surface area contributed by atoms with Crippen LogP contribution in [0.2, 0.25) is 0 Å². The van der Waals surface area contributed by atoms with E-state index in [9.17, 15) is 0 Å². The monoisotopic (exact) mass is 290 g/mol. The third-order valence-electron chi connectivity index (χ3n) is 2.05.